The van der Waals surface area contributed by atoms with Crippen molar-refractivity contribution < 1.29 is 14.3 Å². The molecule has 0 aromatic heterocycles. The van der Waals surface area contributed by atoms with E-state index in [1.165, 1.54) is 0 Å². The summed E-state index contributed by atoms with van der Waals surface area (Å²) in [6.45, 7) is 2.65. The molecular formula is C26H26N2O3. The second-order valence-corrected chi connectivity index (χ2v) is 7.80. The van der Waals surface area contributed by atoms with Crippen LogP contribution in [-0.4, -0.2) is 24.5 Å². The molecule has 4 rings (SSSR count). The van der Waals surface area contributed by atoms with Crippen LogP contribution in [-0.2, 0) is 9.53 Å². The molecule has 3 aromatic carbocycles. The van der Waals surface area contributed by atoms with E-state index < -0.39 is 6.10 Å². The first-order valence-corrected chi connectivity index (χ1v) is 10.5. The van der Waals surface area contributed by atoms with E-state index >= 15 is 0 Å². The van der Waals surface area contributed by atoms with Crippen molar-refractivity contribution in [3.63, 3.8) is 0 Å². The van der Waals surface area contributed by atoms with Crippen LogP contribution < -0.4 is 10.6 Å². The maximum atomic E-state index is 13.1. The molecule has 158 valence electrons. The smallest absolute Gasteiger partial charge is 0.253 e. The molecule has 31 heavy (non-hydrogen) atoms. The summed E-state index contributed by atoms with van der Waals surface area (Å²) in [5.74, 6) is -0.375. The van der Waals surface area contributed by atoms with Gasteiger partial charge in [-0.05, 0) is 49.1 Å². The third kappa shape index (κ3) is 5.19. The average Bonchev–Trinajstić information content (AvgIpc) is 3.34. The number of aryl methyl sites for hydroxylation is 1. The van der Waals surface area contributed by atoms with Gasteiger partial charge in [0.05, 0.1) is 6.04 Å². The van der Waals surface area contributed by atoms with E-state index in [1.807, 2.05) is 61.5 Å². The maximum absolute atomic E-state index is 13.1. The standard InChI is InChI=1S/C26H26N2O3/c1-18-12-14-20(15-13-18)24(19-7-3-2-4-8-19)28-25(29)21-9-5-10-22(17-21)27-26(30)23-11-6-16-31-23/h2-5,7-10,12-15,17,23-24H,6,11,16H2,1H3,(H,27,30)(H,28,29). The van der Waals surface area contributed by atoms with Crippen LogP contribution >= 0.6 is 0 Å². The third-order valence-corrected chi connectivity index (χ3v) is 5.43. The second kappa shape index (κ2) is 9.58. The Bertz CT molecular complexity index is 1040. The van der Waals surface area contributed by atoms with Gasteiger partial charge in [0.2, 0.25) is 0 Å². The molecule has 3 aromatic rings. The van der Waals surface area contributed by atoms with Crippen LogP contribution in [0, 0.1) is 6.92 Å². The summed E-state index contributed by atoms with van der Waals surface area (Å²) in [5.41, 5.74) is 4.24. The quantitative estimate of drug-likeness (QED) is 0.618. The van der Waals surface area contributed by atoms with Gasteiger partial charge in [-0.3, -0.25) is 9.59 Å². The minimum absolute atomic E-state index is 0.170. The number of carbonyl (C=O) groups excluding carboxylic acids is 2. The molecule has 0 aliphatic carbocycles. The highest BCUT2D eigenvalue weighted by Gasteiger charge is 2.24. The first kappa shape index (κ1) is 20.8. The number of carbonyl (C=O) groups is 2. The van der Waals surface area contributed by atoms with E-state index in [1.54, 1.807) is 24.3 Å². The molecule has 5 heteroatoms. The number of hydrogen-bond donors (Lipinski definition) is 2. The zero-order chi connectivity index (χ0) is 21.6. The van der Waals surface area contributed by atoms with E-state index in [-0.39, 0.29) is 17.9 Å². The average molecular weight is 415 g/mol. The predicted octanol–water partition coefficient (Wildman–Crippen LogP) is 4.63. The zero-order valence-electron chi connectivity index (χ0n) is 17.5. The highest BCUT2D eigenvalue weighted by Crippen LogP contribution is 2.23. The Morgan fingerprint density at radius 1 is 0.935 bits per heavy atom. The molecule has 0 radical (unpaired) electrons. The summed E-state index contributed by atoms with van der Waals surface area (Å²) >= 11 is 0. The Hall–Kier alpha value is -3.44. The lowest BCUT2D eigenvalue weighted by Gasteiger charge is -2.20. The SMILES string of the molecule is Cc1ccc(C(NC(=O)c2cccc(NC(=O)C3CCCO3)c2)c2ccccc2)cc1. The fraction of sp³-hybridized carbons (Fsp3) is 0.231. The van der Waals surface area contributed by atoms with Crippen molar-refractivity contribution in [2.45, 2.75) is 31.9 Å². The van der Waals surface area contributed by atoms with Gasteiger partial charge in [0.1, 0.15) is 6.10 Å². The van der Waals surface area contributed by atoms with Gasteiger partial charge in [-0.2, -0.15) is 0 Å². The first-order chi connectivity index (χ1) is 15.1. The van der Waals surface area contributed by atoms with Gasteiger partial charge in [-0.25, -0.2) is 0 Å². The molecular weight excluding hydrogens is 388 g/mol. The van der Waals surface area contributed by atoms with Crippen LogP contribution in [0.3, 0.4) is 0 Å². The fourth-order valence-electron chi connectivity index (χ4n) is 3.72. The van der Waals surface area contributed by atoms with Gasteiger partial charge in [-0.1, -0.05) is 66.2 Å². The Kier molecular flexibility index (Phi) is 6.43. The van der Waals surface area contributed by atoms with E-state index in [0.717, 1.165) is 29.5 Å². The Morgan fingerprint density at radius 2 is 1.68 bits per heavy atom. The van der Waals surface area contributed by atoms with Crippen LogP contribution in [0.15, 0.2) is 78.9 Å². The van der Waals surface area contributed by atoms with Gasteiger partial charge in [-0.15, -0.1) is 0 Å². The Morgan fingerprint density at radius 3 is 2.39 bits per heavy atom. The largest absolute Gasteiger partial charge is 0.368 e. The molecule has 2 N–H and O–H groups in total. The zero-order valence-corrected chi connectivity index (χ0v) is 17.5. The van der Waals surface area contributed by atoms with E-state index in [4.69, 9.17) is 4.74 Å². The lowest BCUT2D eigenvalue weighted by atomic mass is 9.97. The van der Waals surface area contributed by atoms with Crippen molar-refractivity contribution in [1.29, 1.82) is 0 Å². The van der Waals surface area contributed by atoms with Gasteiger partial charge < -0.3 is 15.4 Å². The lowest BCUT2D eigenvalue weighted by Crippen LogP contribution is -2.30. The molecule has 1 heterocycles. The van der Waals surface area contributed by atoms with Crippen LogP contribution in [0.1, 0.15) is 45.9 Å². The Balaban J connectivity index is 1.53. The number of amides is 2. The number of benzene rings is 3. The molecule has 1 fully saturated rings. The van der Waals surface area contributed by atoms with Crippen LogP contribution in [0.5, 0.6) is 0 Å². The highest BCUT2D eigenvalue weighted by atomic mass is 16.5. The van der Waals surface area contributed by atoms with Gasteiger partial charge in [0.25, 0.3) is 11.8 Å². The first-order valence-electron chi connectivity index (χ1n) is 10.5. The van der Waals surface area contributed by atoms with Crippen molar-refractivity contribution in [2.75, 3.05) is 11.9 Å². The minimum atomic E-state index is -0.415. The summed E-state index contributed by atoms with van der Waals surface area (Å²) < 4.78 is 5.43. The molecule has 1 saturated heterocycles. The van der Waals surface area contributed by atoms with Crippen molar-refractivity contribution in [3.05, 3.63) is 101 Å². The van der Waals surface area contributed by atoms with Crippen molar-refractivity contribution >= 4 is 17.5 Å². The van der Waals surface area contributed by atoms with E-state index in [0.29, 0.717) is 17.9 Å². The van der Waals surface area contributed by atoms with Crippen LogP contribution in [0.4, 0.5) is 5.69 Å². The van der Waals surface area contributed by atoms with Crippen molar-refractivity contribution in [3.8, 4) is 0 Å². The number of ether oxygens (including phenoxy) is 1. The normalized spacial score (nSPS) is 16.5. The monoisotopic (exact) mass is 414 g/mol. The highest BCUT2D eigenvalue weighted by molar-refractivity contribution is 5.98. The number of rotatable bonds is 6. The molecule has 0 saturated carbocycles. The molecule has 2 amide bonds. The number of hydrogen-bond acceptors (Lipinski definition) is 3. The summed E-state index contributed by atoms with van der Waals surface area (Å²) in [6, 6.07) is 24.7. The minimum Gasteiger partial charge on any atom is -0.368 e. The molecule has 1 aliphatic rings. The molecule has 0 spiro atoms. The predicted molar refractivity (Wildman–Crippen MR) is 121 cm³/mol. The van der Waals surface area contributed by atoms with Gasteiger partial charge in [0, 0.05) is 17.9 Å². The third-order valence-electron chi connectivity index (χ3n) is 5.43. The van der Waals surface area contributed by atoms with E-state index in [9.17, 15) is 9.59 Å². The summed E-state index contributed by atoms with van der Waals surface area (Å²) in [7, 11) is 0. The fourth-order valence-corrected chi connectivity index (χ4v) is 3.72. The number of anilines is 1. The van der Waals surface area contributed by atoms with Crippen LogP contribution in [0.25, 0.3) is 0 Å². The summed E-state index contributed by atoms with van der Waals surface area (Å²) in [4.78, 5) is 25.4. The molecule has 2 atom stereocenters. The molecule has 2 unspecified atom stereocenters. The van der Waals surface area contributed by atoms with Gasteiger partial charge >= 0.3 is 0 Å². The number of nitrogens with one attached hydrogen (secondary N) is 2. The topological polar surface area (TPSA) is 67.4 Å². The van der Waals surface area contributed by atoms with Gasteiger partial charge in [0.15, 0.2) is 0 Å². The maximum Gasteiger partial charge on any atom is 0.253 e. The summed E-state index contributed by atoms with van der Waals surface area (Å²) in [6.07, 6.45) is 1.20. The molecule has 0 bridgehead atoms. The second-order valence-electron chi connectivity index (χ2n) is 7.80. The van der Waals surface area contributed by atoms with Crippen LogP contribution in [0.2, 0.25) is 0 Å². The molecule has 5 nitrogen and oxygen atoms in total. The summed E-state index contributed by atoms with van der Waals surface area (Å²) in [5, 5.41) is 6.00. The van der Waals surface area contributed by atoms with Crippen molar-refractivity contribution in [1.82, 2.24) is 5.32 Å². The molecule has 1 aliphatic heterocycles. The van der Waals surface area contributed by atoms with Crippen molar-refractivity contribution in [2.24, 2.45) is 0 Å². The lowest BCUT2D eigenvalue weighted by molar-refractivity contribution is -0.124. The Labute approximate surface area is 182 Å². The van der Waals surface area contributed by atoms with E-state index in [2.05, 4.69) is 10.6 Å².